The fourth-order valence-corrected chi connectivity index (χ4v) is 9.28. The number of urea groups is 1. The summed E-state index contributed by atoms with van der Waals surface area (Å²) in [7, 11) is -3.55. The number of carbonyl (C=O) groups is 5. The molecule has 272 valence electrons. The quantitative estimate of drug-likeness (QED) is 0.213. The van der Waals surface area contributed by atoms with Gasteiger partial charge < -0.3 is 26.6 Å². The molecule has 13 heteroatoms. The van der Waals surface area contributed by atoms with Gasteiger partial charge in [0.05, 0.1) is 22.1 Å². The molecule has 1 heterocycles. The fraction of sp³-hybridized carbons (Fsp3) is 0.857. The number of primary amides is 1. The van der Waals surface area contributed by atoms with Gasteiger partial charge in [0.2, 0.25) is 17.6 Å². The summed E-state index contributed by atoms with van der Waals surface area (Å²) in [6.07, 6.45) is 10.6. The van der Waals surface area contributed by atoms with Crippen LogP contribution in [-0.4, -0.2) is 83.6 Å². The molecule has 12 nitrogen and oxygen atoms in total. The molecule has 5 N–H and O–H groups in total. The van der Waals surface area contributed by atoms with Crippen molar-refractivity contribution in [2.24, 2.45) is 29.4 Å². The van der Waals surface area contributed by atoms with Crippen molar-refractivity contribution in [2.75, 3.05) is 12.3 Å². The van der Waals surface area contributed by atoms with Crippen molar-refractivity contribution in [2.45, 2.75) is 153 Å². The van der Waals surface area contributed by atoms with Crippen LogP contribution in [0.3, 0.4) is 0 Å². The van der Waals surface area contributed by atoms with Crippen molar-refractivity contribution < 1.29 is 32.4 Å². The smallest absolute Gasteiger partial charge is 0.315 e. The minimum atomic E-state index is -3.55. The van der Waals surface area contributed by atoms with Gasteiger partial charge in [-0.25, -0.2) is 13.2 Å². The van der Waals surface area contributed by atoms with E-state index in [0.29, 0.717) is 32.2 Å². The lowest BCUT2D eigenvalue weighted by molar-refractivity contribution is -0.143. The van der Waals surface area contributed by atoms with Gasteiger partial charge in [0.25, 0.3) is 5.91 Å². The number of hydrogen-bond acceptors (Lipinski definition) is 7. The molecule has 5 amide bonds. The Morgan fingerprint density at radius 1 is 0.875 bits per heavy atom. The number of hydrogen-bond donors (Lipinski definition) is 4. The van der Waals surface area contributed by atoms with Gasteiger partial charge >= 0.3 is 6.03 Å². The Labute approximate surface area is 286 Å². The van der Waals surface area contributed by atoms with E-state index < -0.39 is 61.9 Å². The van der Waals surface area contributed by atoms with E-state index in [1.165, 1.54) is 0 Å². The Bertz CT molecular complexity index is 1310. The monoisotopic (exact) mass is 693 g/mol. The molecular formula is C35H59N5O7S. The van der Waals surface area contributed by atoms with Crippen LogP contribution in [0.2, 0.25) is 0 Å². The Balaban J connectivity index is 1.57. The van der Waals surface area contributed by atoms with E-state index in [1.54, 1.807) is 25.7 Å². The molecule has 3 saturated carbocycles. The van der Waals surface area contributed by atoms with Gasteiger partial charge in [0.15, 0.2) is 9.84 Å². The maximum atomic E-state index is 14.6. The summed E-state index contributed by atoms with van der Waals surface area (Å²) in [5.74, 6) is -2.65. The van der Waals surface area contributed by atoms with E-state index in [9.17, 15) is 32.4 Å². The van der Waals surface area contributed by atoms with E-state index in [-0.39, 0.29) is 35.3 Å². The average molecular weight is 694 g/mol. The number of nitrogens with two attached hydrogens (primary N) is 1. The molecule has 1 unspecified atom stereocenters. The van der Waals surface area contributed by atoms with Crippen molar-refractivity contribution in [3.63, 3.8) is 0 Å². The van der Waals surface area contributed by atoms with E-state index in [2.05, 4.69) is 16.0 Å². The molecular weight excluding hydrogens is 634 g/mol. The van der Waals surface area contributed by atoms with E-state index in [0.717, 1.165) is 64.2 Å². The highest BCUT2D eigenvalue weighted by atomic mass is 32.2. The summed E-state index contributed by atoms with van der Waals surface area (Å²) in [4.78, 5) is 68.3. The molecule has 0 bridgehead atoms. The Hall–Kier alpha value is -2.70. The number of carbonyl (C=O) groups excluding carboxylic acids is 5. The fourth-order valence-electron chi connectivity index (χ4n) is 7.76. The average Bonchev–Trinajstić information content (AvgIpc) is 3.71. The van der Waals surface area contributed by atoms with Gasteiger partial charge in [-0.3, -0.25) is 19.2 Å². The van der Waals surface area contributed by atoms with Gasteiger partial charge in [0.1, 0.15) is 12.1 Å². The predicted octanol–water partition coefficient (Wildman–Crippen LogP) is 3.36. The number of rotatable bonds is 13. The standard InChI is InChI=1S/C35H59N5O7S/c1-22(2)25-19-27(31(43)37-26(18-23-14-15-23)29(41)30(36)42)40(20-25)32(44)28(24-12-8-6-9-13-24)38-33(45)39-35(16-10-7-11-17-35)21-48(46,47)34(3,4)5/h22-28H,6-21H2,1-5H3,(H2,36,42)(H,37,43)(H2,38,39,45)/t25-,26?,27+,28+/m1/s1. The Morgan fingerprint density at radius 3 is 2.02 bits per heavy atom. The van der Waals surface area contributed by atoms with Crippen LogP contribution in [0.4, 0.5) is 4.79 Å². The predicted molar refractivity (Wildman–Crippen MR) is 183 cm³/mol. The largest absolute Gasteiger partial charge is 0.363 e. The van der Waals surface area contributed by atoms with Crippen LogP contribution < -0.4 is 21.7 Å². The third-order valence-corrected chi connectivity index (χ3v) is 14.1. The third-order valence-electron chi connectivity index (χ3n) is 11.3. The van der Waals surface area contributed by atoms with Crippen molar-refractivity contribution in [1.29, 1.82) is 0 Å². The van der Waals surface area contributed by atoms with Crippen LogP contribution in [0.25, 0.3) is 0 Å². The van der Waals surface area contributed by atoms with Crippen molar-refractivity contribution in [3.05, 3.63) is 0 Å². The Morgan fingerprint density at radius 2 is 1.48 bits per heavy atom. The molecule has 4 fully saturated rings. The lowest BCUT2D eigenvalue weighted by Crippen LogP contribution is -2.62. The number of likely N-dealkylation sites (tertiary alicyclic amines) is 1. The first-order valence-electron chi connectivity index (χ1n) is 18.2. The van der Waals surface area contributed by atoms with Gasteiger partial charge in [-0.1, -0.05) is 65.2 Å². The van der Waals surface area contributed by atoms with E-state index in [1.807, 2.05) is 13.8 Å². The van der Waals surface area contributed by atoms with Gasteiger partial charge in [-0.05, 0) is 83.0 Å². The van der Waals surface area contributed by atoms with Crippen LogP contribution in [0.5, 0.6) is 0 Å². The summed E-state index contributed by atoms with van der Waals surface area (Å²) in [5, 5.41) is 8.81. The summed E-state index contributed by atoms with van der Waals surface area (Å²) >= 11 is 0. The maximum Gasteiger partial charge on any atom is 0.315 e. The highest BCUT2D eigenvalue weighted by Crippen LogP contribution is 2.36. The zero-order valence-corrected chi connectivity index (χ0v) is 30.5. The van der Waals surface area contributed by atoms with Gasteiger partial charge in [0, 0.05) is 6.54 Å². The molecule has 3 aliphatic carbocycles. The molecule has 0 radical (unpaired) electrons. The lowest BCUT2D eigenvalue weighted by Gasteiger charge is -2.40. The number of nitrogens with one attached hydrogen (secondary N) is 3. The normalized spacial score (nSPS) is 24.8. The van der Waals surface area contributed by atoms with E-state index >= 15 is 0 Å². The molecule has 0 aromatic heterocycles. The molecule has 4 aliphatic rings. The molecule has 4 rings (SSSR count). The van der Waals surface area contributed by atoms with Crippen LogP contribution in [-0.2, 0) is 29.0 Å². The number of nitrogens with zero attached hydrogens (tertiary/aromatic N) is 1. The molecule has 0 aromatic rings. The second-order valence-electron chi connectivity index (χ2n) is 16.4. The maximum absolute atomic E-state index is 14.6. The zero-order chi connectivity index (χ0) is 35.4. The summed E-state index contributed by atoms with van der Waals surface area (Å²) in [6.45, 7) is 9.41. The highest BCUT2D eigenvalue weighted by molar-refractivity contribution is 7.92. The molecule has 1 aliphatic heterocycles. The summed E-state index contributed by atoms with van der Waals surface area (Å²) in [6, 6.07) is -3.38. The van der Waals surface area contributed by atoms with Gasteiger partial charge in [-0.15, -0.1) is 0 Å². The summed E-state index contributed by atoms with van der Waals surface area (Å²) < 4.78 is 25.7. The van der Waals surface area contributed by atoms with Crippen molar-refractivity contribution in [1.82, 2.24) is 20.9 Å². The topological polar surface area (TPSA) is 185 Å². The van der Waals surface area contributed by atoms with Gasteiger partial charge in [-0.2, -0.15) is 0 Å². The molecule has 1 saturated heterocycles. The van der Waals surface area contributed by atoms with Crippen LogP contribution >= 0.6 is 0 Å². The lowest BCUT2D eigenvalue weighted by atomic mass is 9.82. The molecule has 48 heavy (non-hydrogen) atoms. The molecule has 4 atom stereocenters. The highest BCUT2D eigenvalue weighted by Gasteiger charge is 2.47. The second kappa shape index (κ2) is 15.5. The van der Waals surface area contributed by atoms with Crippen LogP contribution in [0.15, 0.2) is 0 Å². The first kappa shape index (κ1) is 38.1. The van der Waals surface area contributed by atoms with Crippen LogP contribution in [0.1, 0.15) is 125 Å². The number of sulfone groups is 1. The summed E-state index contributed by atoms with van der Waals surface area (Å²) in [5.41, 5.74) is 4.38. The van der Waals surface area contributed by atoms with Crippen molar-refractivity contribution in [3.8, 4) is 0 Å². The Kier molecular flexibility index (Phi) is 12.3. The van der Waals surface area contributed by atoms with Crippen LogP contribution in [0, 0.1) is 23.7 Å². The SMILES string of the molecule is CC(C)[C@@H]1C[C@@H](C(=O)NC(CC2CC2)C(=O)C(N)=O)N(C(=O)[C@@H](NC(=O)NC2(CS(=O)(=O)C(C)(C)C)CCCCC2)C2CCCCC2)C1. The molecule has 0 spiro atoms. The van der Waals surface area contributed by atoms with Crippen molar-refractivity contribution >= 4 is 39.4 Å². The first-order valence-corrected chi connectivity index (χ1v) is 19.8. The minimum Gasteiger partial charge on any atom is -0.363 e. The third kappa shape index (κ3) is 9.50. The number of ketones is 1. The molecule has 0 aromatic carbocycles. The zero-order valence-electron chi connectivity index (χ0n) is 29.6. The minimum absolute atomic E-state index is 0.0207. The van der Waals surface area contributed by atoms with E-state index in [4.69, 9.17) is 5.73 Å². The second-order valence-corrected chi connectivity index (χ2v) is 19.1. The number of Topliss-reactive ketones (excluding diaryl/α,β-unsaturated/α-hetero) is 1. The number of amides is 5. The first-order chi connectivity index (χ1) is 22.4.